The van der Waals surface area contributed by atoms with Gasteiger partial charge >= 0.3 is 5.97 Å². The molecule has 0 saturated carbocycles. The molecule has 7 heteroatoms. The van der Waals surface area contributed by atoms with Gasteiger partial charge < -0.3 is 9.47 Å². The summed E-state index contributed by atoms with van der Waals surface area (Å²) in [4.78, 5) is 15.8. The maximum atomic E-state index is 11.7. The Morgan fingerprint density at radius 2 is 2.29 bits per heavy atom. The van der Waals surface area contributed by atoms with Crippen LogP contribution in [0.2, 0.25) is 0 Å². The Morgan fingerprint density at radius 1 is 1.53 bits per heavy atom. The molecule has 0 amide bonds. The fraction of sp³-hybridized carbons (Fsp3) is 0.300. The number of esters is 1. The minimum Gasteiger partial charge on any atom is -0.492 e. The first-order chi connectivity index (χ1) is 8.19. The fourth-order valence-corrected chi connectivity index (χ4v) is 1.80. The zero-order valence-electron chi connectivity index (χ0n) is 9.31. The van der Waals surface area contributed by atoms with Crippen molar-refractivity contribution in [2.24, 2.45) is 0 Å². The third-order valence-electron chi connectivity index (χ3n) is 2.15. The van der Waals surface area contributed by atoms with Crippen LogP contribution in [0.15, 0.2) is 17.0 Å². The number of carbonyl (C=O) groups is 1. The van der Waals surface area contributed by atoms with E-state index in [1.165, 1.54) is 17.8 Å². The predicted molar refractivity (Wildman–Crippen MR) is 63.2 cm³/mol. The van der Waals surface area contributed by atoms with Crippen LogP contribution in [0.5, 0.6) is 5.75 Å². The lowest BCUT2D eigenvalue weighted by molar-refractivity contribution is 0.0522. The van der Waals surface area contributed by atoms with Gasteiger partial charge in [0, 0.05) is 0 Å². The molecule has 90 valence electrons. The molecule has 6 nitrogen and oxygen atoms in total. The van der Waals surface area contributed by atoms with Gasteiger partial charge in [0.2, 0.25) is 0 Å². The number of aromatic nitrogens is 3. The number of hydrogen-bond donors (Lipinski definition) is 0. The SMILES string of the molecule is CCOC(=O)c1cnn2c(Br)cnc2c1OC. The quantitative estimate of drug-likeness (QED) is 0.807. The molecule has 0 unspecified atom stereocenters. The molecule has 2 heterocycles. The monoisotopic (exact) mass is 299 g/mol. The first-order valence-corrected chi connectivity index (χ1v) is 5.71. The number of halogens is 1. The summed E-state index contributed by atoms with van der Waals surface area (Å²) >= 11 is 3.29. The van der Waals surface area contributed by atoms with Crippen molar-refractivity contribution >= 4 is 27.5 Å². The zero-order chi connectivity index (χ0) is 12.4. The highest BCUT2D eigenvalue weighted by Crippen LogP contribution is 2.25. The molecule has 0 bridgehead atoms. The summed E-state index contributed by atoms with van der Waals surface area (Å²) in [6.07, 6.45) is 2.98. The van der Waals surface area contributed by atoms with Crippen LogP contribution in [0.25, 0.3) is 5.65 Å². The molecule has 2 aromatic heterocycles. The van der Waals surface area contributed by atoms with Crippen LogP contribution in [-0.2, 0) is 4.74 Å². The number of imidazole rings is 1. The van der Waals surface area contributed by atoms with Crippen LogP contribution in [0.3, 0.4) is 0 Å². The summed E-state index contributed by atoms with van der Waals surface area (Å²) in [6.45, 7) is 2.04. The van der Waals surface area contributed by atoms with Crippen LogP contribution < -0.4 is 4.74 Å². The Morgan fingerprint density at radius 3 is 2.94 bits per heavy atom. The summed E-state index contributed by atoms with van der Waals surface area (Å²) < 4.78 is 12.3. The standard InChI is InChI=1S/C10H10BrN3O3/c1-3-17-10(15)6-4-13-14-7(11)5-12-9(14)8(6)16-2/h4-5H,3H2,1-2H3. The smallest absolute Gasteiger partial charge is 0.343 e. The Balaban J connectivity index is 2.61. The van der Waals surface area contributed by atoms with Gasteiger partial charge in [-0.2, -0.15) is 5.10 Å². The van der Waals surface area contributed by atoms with Crippen LogP contribution >= 0.6 is 15.9 Å². The largest absolute Gasteiger partial charge is 0.492 e. The van der Waals surface area contributed by atoms with E-state index in [1.807, 2.05) is 0 Å². The Labute approximate surface area is 106 Å². The average Bonchev–Trinajstić information content (AvgIpc) is 2.70. The molecular weight excluding hydrogens is 290 g/mol. The van der Waals surface area contributed by atoms with Gasteiger partial charge in [-0.15, -0.1) is 0 Å². The minimum absolute atomic E-state index is 0.264. The van der Waals surface area contributed by atoms with Gasteiger partial charge in [-0.3, -0.25) is 0 Å². The Kier molecular flexibility index (Phi) is 3.28. The second kappa shape index (κ2) is 4.70. The predicted octanol–water partition coefficient (Wildman–Crippen LogP) is 1.68. The summed E-state index contributed by atoms with van der Waals surface area (Å²) in [7, 11) is 1.47. The van der Waals surface area contributed by atoms with Crippen molar-refractivity contribution < 1.29 is 14.3 Å². The highest BCUT2D eigenvalue weighted by Gasteiger charge is 2.19. The summed E-state index contributed by atoms with van der Waals surface area (Å²) in [6, 6.07) is 0. The van der Waals surface area contributed by atoms with E-state index in [-0.39, 0.29) is 5.56 Å². The van der Waals surface area contributed by atoms with Crippen LogP contribution in [-0.4, -0.2) is 34.3 Å². The van der Waals surface area contributed by atoms with Crippen LogP contribution in [0.4, 0.5) is 0 Å². The molecule has 0 spiro atoms. The summed E-state index contributed by atoms with van der Waals surface area (Å²) in [5.74, 6) is -0.123. The van der Waals surface area contributed by atoms with E-state index < -0.39 is 5.97 Å². The highest BCUT2D eigenvalue weighted by atomic mass is 79.9. The molecule has 0 N–H and O–H groups in total. The Bertz CT molecular complexity index is 567. The number of nitrogens with zero attached hydrogens (tertiary/aromatic N) is 3. The van der Waals surface area contributed by atoms with Crippen molar-refractivity contribution in [2.75, 3.05) is 13.7 Å². The van der Waals surface area contributed by atoms with E-state index in [9.17, 15) is 4.79 Å². The molecule has 2 aromatic rings. The molecule has 0 radical (unpaired) electrons. The van der Waals surface area contributed by atoms with Gasteiger partial charge in [-0.25, -0.2) is 14.3 Å². The second-order valence-corrected chi connectivity index (χ2v) is 3.94. The maximum absolute atomic E-state index is 11.7. The van der Waals surface area contributed by atoms with Crippen molar-refractivity contribution in [1.82, 2.24) is 14.6 Å². The normalized spacial score (nSPS) is 10.5. The molecule has 0 aliphatic rings. The van der Waals surface area contributed by atoms with Crippen molar-refractivity contribution in [3.8, 4) is 5.75 Å². The molecule has 2 rings (SSSR count). The van der Waals surface area contributed by atoms with Gasteiger partial charge in [0.25, 0.3) is 0 Å². The van der Waals surface area contributed by atoms with E-state index in [0.717, 1.165) is 0 Å². The number of rotatable bonds is 3. The van der Waals surface area contributed by atoms with Gasteiger partial charge in [0.15, 0.2) is 11.4 Å². The summed E-state index contributed by atoms with van der Waals surface area (Å²) in [5, 5.41) is 4.08. The highest BCUT2D eigenvalue weighted by molar-refractivity contribution is 9.10. The van der Waals surface area contributed by atoms with Gasteiger partial charge in [-0.05, 0) is 22.9 Å². The van der Waals surface area contributed by atoms with Gasteiger partial charge in [-0.1, -0.05) is 0 Å². The van der Waals surface area contributed by atoms with Crippen molar-refractivity contribution in [2.45, 2.75) is 6.92 Å². The molecule has 17 heavy (non-hydrogen) atoms. The first-order valence-electron chi connectivity index (χ1n) is 4.92. The third-order valence-corrected chi connectivity index (χ3v) is 2.69. The van der Waals surface area contributed by atoms with Crippen molar-refractivity contribution in [3.05, 3.63) is 22.6 Å². The third kappa shape index (κ3) is 1.97. The number of hydrogen-bond acceptors (Lipinski definition) is 5. The van der Waals surface area contributed by atoms with E-state index in [1.54, 1.807) is 13.1 Å². The topological polar surface area (TPSA) is 65.7 Å². The second-order valence-electron chi connectivity index (χ2n) is 3.13. The van der Waals surface area contributed by atoms with Crippen molar-refractivity contribution in [3.63, 3.8) is 0 Å². The molecule has 0 saturated heterocycles. The number of fused-ring (bicyclic) bond motifs is 1. The molecule has 0 fully saturated rings. The molecule has 0 aliphatic heterocycles. The number of methoxy groups -OCH3 is 1. The van der Waals surface area contributed by atoms with Gasteiger partial charge in [0.1, 0.15) is 10.2 Å². The fourth-order valence-electron chi connectivity index (χ4n) is 1.44. The van der Waals surface area contributed by atoms with E-state index in [2.05, 4.69) is 26.0 Å². The first kappa shape index (κ1) is 11.8. The molecule has 0 atom stereocenters. The average molecular weight is 300 g/mol. The molecule has 0 aromatic carbocycles. The summed E-state index contributed by atoms with van der Waals surface area (Å²) in [5.41, 5.74) is 0.727. The van der Waals surface area contributed by atoms with Crippen LogP contribution in [0.1, 0.15) is 17.3 Å². The van der Waals surface area contributed by atoms with Crippen LogP contribution in [0, 0.1) is 0 Å². The van der Waals surface area contributed by atoms with E-state index in [0.29, 0.717) is 22.6 Å². The lowest BCUT2D eigenvalue weighted by Gasteiger charge is -2.08. The lowest BCUT2D eigenvalue weighted by atomic mass is 10.3. The lowest BCUT2D eigenvalue weighted by Crippen LogP contribution is -2.09. The van der Waals surface area contributed by atoms with Crippen molar-refractivity contribution in [1.29, 1.82) is 0 Å². The Hall–Kier alpha value is -1.63. The van der Waals surface area contributed by atoms with E-state index >= 15 is 0 Å². The zero-order valence-corrected chi connectivity index (χ0v) is 10.9. The number of carbonyl (C=O) groups excluding carboxylic acids is 1. The molecule has 0 aliphatic carbocycles. The molecular formula is C10H10BrN3O3. The minimum atomic E-state index is -0.474. The number of ether oxygens (including phenoxy) is 2. The van der Waals surface area contributed by atoms with E-state index in [4.69, 9.17) is 9.47 Å². The maximum Gasteiger partial charge on any atom is 0.343 e. The van der Waals surface area contributed by atoms with Gasteiger partial charge in [0.05, 0.1) is 26.1 Å².